The molecule has 6 heterocycles. The molecule has 0 atom stereocenters. The molecule has 12 rings (SSSR count). The SMILES string of the molecule is COc1cc(Cc2csc(N3CCN(S(=O)(=O)c4ccc(Cl)cc4Cl)CC3)n2)cc(OC)c1OC.Cc1cc(C)c(Cc2csc(N3CCN(S(=O)(=O)c4ccc(Cl)cc4Cl)CC3)n2)c(C)c1.O=S(=O)(c1cc(Cl)ccc1Cl)N1CCN(c2nc(Cc3ccccc3)cs2)CC1. The van der Waals surface area contributed by atoms with Crippen LogP contribution in [-0.2, 0) is 49.3 Å². The molecule has 510 valence electrons. The van der Waals surface area contributed by atoms with E-state index in [0.29, 0.717) is 117 Å². The van der Waals surface area contributed by atoms with Gasteiger partial charge in [0.1, 0.15) is 14.7 Å². The Balaban J connectivity index is 0.000000157. The van der Waals surface area contributed by atoms with Gasteiger partial charge in [0.2, 0.25) is 35.8 Å². The van der Waals surface area contributed by atoms with Crippen LogP contribution in [0.25, 0.3) is 0 Å². The van der Waals surface area contributed by atoms with Gasteiger partial charge in [-0.2, -0.15) is 12.9 Å². The van der Waals surface area contributed by atoms with Crippen molar-refractivity contribution in [2.24, 2.45) is 0 Å². The number of thiazole rings is 3. The highest BCUT2D eigenvalue weighted by Crippen LogP contribution is 2.40. The Hall–Kier alpha value is -5.52. The number of hydrogen-bond donors (Lipinski definition) is 0. The molecular formula is C66H69Cl6N9O9S6. The Kier molecular flexibility index (Phi) is 24.6. The number of ether oxygens (including phenoxy) is 3. The van der Waals surface area contributed by atoms with Gasteiger partial charge in [0.05, 0.1) is 53.5 Å². The molecule has 3 aromatic heterocycles. The lowest BCUT2D eigenvalue weighted by atomic mass is 9.96. The molecule has 96 heavy (non-hydrogen) atoms. The van der Waals surface area contributed by atoms with Crippen LogP contribution in [0, 0.1) is 20.8 Å². The zero-order valence-corrected chi connectivity index (χ0v) is 62.6. The van der Waals surface area contributed by atoms with Crippen molar-refractivity contribution in [2.45, 2.75) is 54.7 Å². The molecule has 3 fully saturated rings. The van der Waals surface area contributed by atoms with Gasteiger partial charge in [-0.25, -0.2) is 40.2 Å². The highest BCUT2D eigenvalue weighted by atomic mass is 35.5. The van der Waals surface area contributed by atoms with Crippen LogP contribution >= 0.6 is 104 Å². The van der Waals surface area contributed by atoms with Crippen molar-refractivity contribution >= 4 is 149 Å². The Bertz CT molecular complexity index is 4520. The van der Waals surface area contributed by atoms with E-state index in [1.165, 1.54) is 94.5 Å². The van der Waals surface area contributed by atoms with Crippen LogP contribution in [0.15, 0.2) is 140 Å². The van der Waals surface area contributed by atoms with E-state index in [9.17, 15) is 25.3 Å². The lowest BCUT2D eigenvalue weighted by Gasteiger charge is -2.34. The second kappa shape index (κ2) is 32.2. The first-order chi connectivity index (χ1) is 45.8. The molecule has 0 N–H and O–H groups in total. The van der Waals surface area contributed by atoms with Gasteiger partial charge in [0, 0.05) is 129 Å². The average Bonchev–Trinajstić information content (AvgIpc) is 0.819. The van der Waals surface area contributed by atoms with Gasteiger partial charge in [-0.05, 0) is 115 Å². The molecule has 0 bridgehead atoms. The molecule has 0 aliphatic carbocycles. The summed E-state index contributed by atoms with van der Waals surface area (Å²) in [5, 5.41) is 10.5. The van der Waals surface area contributed by atoms with Gasteiger partial charge < -0.3 is 28.9 Å². The number of halogens is 6. The predicted molar refractivity (Wildman–Crippen MR) is 390 cm³/mol. The van der Waals surface area contributed by atoms with Crippen LogP contribution in [0.1, 0.15) is 50.5 Å². The fraction of sp³-hybridized carbons (Fsp3) is 0.318. The summed E-state index contributed by atoms with van der Waals surface area (Å²) in [7, 11) is -6.31. The molecule has 3 saturated heterocycles. The first-order valence-electron chi connectivity index (χ1n) is 30.2. The number of methoxy groups -OCH3 is 3. The Morgan fingerprint density at radius 2 is 0.781 bits per heavy atom. The van der Waals surface area contributed by atoms with Crippen LogP contribution in [-0.4, -0.2) is 153 Å². The number of anilines is 3. The van der Waals surface area contributed by atoms with E-state index >= 15 is 0 Å². The monoisotopic (exact) mass is 1530 g/mol. The maximum absolute atomic E-state index is 13.1. The number of aryl methyl sites for hydroxylation is 3. The molecule has 18 nitrogen and oxygen atoms in total. The lowest BCUT2D eigenvalue weighted by molar-refractivity contribution is 0.324. The van der Waals surface area contributed by atoms with E-state index in [1.54, 1.807) is 56.1 Å². The van der Waals surface area contributed by atoms with E-state index in [-0.39, 0.29) is 29.8 Å². The van der Waals surface area contributed by atoms with Gasteiger partial charge in [-0.3, -0.25) is 0 Å². The summed E-state index contributed by atoms with van der Waals surface area (Å²) in [4.78, 5) is 21.0. The molecule has 0 saturated carbocycles. The Labute approximate surface area is 603 Å². The smallest absolute Gasteiger partial charge is 0.244 e. The summed E-state index contributed by atoms with van der Waals surface area (Å²) >= 11 is 40.9. The lowest BCUT2D eigenvalue weighted by Crippen LogP contribution is -2.48. The number of aromatic nitrogens is 3. The van der Waals surface area contributed by atoms with Crippen LogP contribution < -0.4 is 28.9 Å². The highest BCUT2D eigenvalue weighted by molar-refractivity contribution is 7.89. The maximum atomic E-state index is 13.1. The third-order valence-corrected chi connectivity index (χ3v) is 26.9. The second-order valence-electron chi connectivity index (χ2n) is 22.7. The summed E-state index contributed by atoms with van der Waals surface area (Å²) < 4.78 is 98.7. The molecule has 6 aromatic carbocycles. The van der Waals surface area contributed by atoms with Crippen molar-refractivity contribution < 1.29 is 39.5 Å². The van der Waals surface area contributed by atoms with Gasteiger partial charge in [-0.15, -0.1) is 34.0 Å². The van der Waals surface area contributed by atoms with Crippen molar-refractivity contribution in [3.63, 3.8) is 0 Å². The Morgan fingerprint density at radius 1 is 0.406 bits per heavy atom. The minimum absolute atomic E-state index is 0.0551. The quantitative estimate of drug-likeness (QED) is 0.0788. The summed E-state index contributed by atoms with van der Waals surface area (Å²) in [6.07, 6.45) is 2.19. The minimum Gasteiger partial charge on any atom is -0.493 e. The van der Waals surface area contributed by atoms with Crippen LogP contribution in [0.5, 0.6) is 17.2 Å². The van der Waals surface area contributed by atoms with Crippen molar-refractivity contribution in [2.75, 3.05) is 115 Å². The second-order valence-corrected chi connectivity index (χ2v) is 33.4. The third-order valence-electron chi connectivity index (χ3n) is 16.2. The summed E-state index contributed by atoms with van der Waals surface area (Å²) in [5.41, 5.74) is 10.3. The van der Waals surface area contributed by atoms with E-state index in [0.717, 1.165) is 50.9 Å². The van der Waals surface area contributed by atoms with Crippen LogP contribution in [0.2, 0.25) is 30.1 Å². The van der Waals surface area contributed by atoms with Crippen molar-refractivity contribution in [1.82, 2.24) is 27.9 Å². The number of hydrogen-bond acceptors (Lipinski definition) is 18. The molecule has 3 aliphatic rings. The first-order valence-corrected chi connectivity index (χ1v) is 39.4. The molecular weight excluding hydrogens is 1470 g/mol. The van der Waals surface area contributed by atoms with Gasteiger partial charge >= 0.3 is 0 Å². The highest BCUT2D eigenvalue weighted by Gasteiger charge is 2.34. The molecule has 9 aromatic rings. The van der Waals surface area contributed by atoms with Gasteiger partial charge in [-0.1, -0.05) is 118 Å². The Morgan fingerprint density at radius 3 is 1.18 bits per heavy atom. The number of benzene rings is 6. The molecule has 0 radical (unpaired) electrons. The largest absolute Gasteiger partial charge is 0.493 e. The summed E-state index contributed by atoms with van der Waals surface area (Å²) in [6, 6.07) is 31.8. The standard InChI is InChI=1S/C23H25Cl2N3O5S2.C23H25Cl2N3O2S2.C20H19Cl2N3O2S2/c1-31-19-11-15(12-20(32-2)22(19)33-3)10-17-14-34-23(26-17)27-6-8-28(9-7-27)35(29,30)21-5-4-16(24)13-18(21)25;1-15-10-16(2)20(17(3)11-15)13-19-14-31-23(26-19)27-6-8-28(9-7-27)32(29,30)22-5-4-18(24)12-21(22)25;21-16-6-7-18(22)19(13-16)29(26,27)25-10-8-24(9-11-25)20-23-17(14-28-20)12-15-4-2-1-3-5-15/h4-5,11-14H,6-10H2,1-3H3;4-5,10-12,14H,6-9,13H2,1-3H3;1-7,13-14H,8-12H2. The predicted octanol–water partition coefficient (Wildman–Crippen LogP) is 14.6. The van der Waals surface area contributed by atoms with E-state index in [1.807, 2.05) is 35.7 Å². The van der Waals surface area contributed by atoms with Gasteiger partial charge in [0.25, 0.3) is 0 Å². The zero-order chi connectivity index (χ0) is 68.6. The average molecular weight is 1540 g/mol. The minimum atomic E-state index is -3.70. The number of piperazine rings is 3. The number of nitrogens with zero attached hydrogens (tertiary/aromatic N) is 9. The third kappa shape index (κ3) is 17.5. The van der Waals surface area contributed by atoms with Crippen LogP contribution in [0.3, 0.4) is 0 Å². The fourth-order valence-electron chi connectivity index (χ4n) is 11.3. The topological polar surface area (TPSA) is 188 Å². The summed E-state index contributed by atoms with van der Waals surface area (Å²) in [6.45, 7) is 12.0. The zero-order valence-electron chi connectivity index (χ0n) is 53.1. The fourth-order valence-corrected chi connectivity index (χ4v) is 20.4. The van der Waals surface area contributed by atoms with Crippen molar-refractivity contribution in [1.29, 1.82) is 0 Å². The number of rotatable bonds is 18. The molecule has 3 aliphatic heterocycles. The maximum Gasteiger partial charge on any atom is 0.244 e. The molecule has 0 amide bonds. The molecule has 30 heteroatoms. The molecule has 0 spiro atoms. The van der Waals surface area contributed by atoms with Crippen molar-refractivity contribution in [3.05, 3.63) is 206 Å². The van der Waals surface area contributed by atoms with E-state index in [4.69, 9.17) is 98.8 Å². The van der Waals surface area contributed by atoms with E-state index < -0.39 is 30.1 Å². The summed E-state index contributed by atoms with van der Waals surface area (Å²) in [5.74, 6) is 1.73. The normalized spacial score (nSPS) is 15.2. The van der Waals surface area contributed by atoms with Crippen molar-refractivity contribution in [3.8, 4) is 17.2 Å². The molecule has 0 unspecified atom stereocenters. The van der Waals surface area contributed by atoms with Crippen LogP contribution in [0.4, 0.5) is 15.4 Å². The number of sulfonamides is 3. The first kappa shape index (κ1) is 73.2. The van der Waals surface area contributed by atoms with Gasteiger partial charge in [0.15, 0.2) is 26.9 Å². The van der Waals surface area contributed by atoms with E-state index in [2.05, 4.69) is 70.5 Å².